The highest BCUT2D eigenvalue weighted by molar-refractivity contribution is 6.11. The summed E-state index contributed by atoms with van der Waals surface area (Å²) in [5, 5.41) is 5.43. The molecular formula is C34H29FN2O6. The number of halogens is 1. The molecule has 2 amide bonds. The van der Waals surface area contributed by atoms with Crippen LogP contribution in [-0.4, -0.2) is 38.9 Å². The van der Waals surface area contributed by atoms with Crippen LogP contribution in [0.4, 0.5) is 10.1 Å². The summed E-state index contributed by atoms with van der Waals surface area (Å²) in [5.41, 5.74) is 2.20. The van der Waals surface area contributed by atoms with Gasteiger partial charge >= 0.3 is 0 Å². The van der Waals surface area contributed by atoms with Gasteiger partial charge in [0.25, 0.3) is 11.8 Å². The van der Waals surface area contributed by atoms with Gasteiger partial charge in [0, 0.05) is 28.4 Å². The molecule has 0 aliphatic rings. The maximum Gasteiger partial charge on any atom is 0.272 e. The highest BCUT2D eigenvalue weighted by Gasteiger charge is 2.18. The summed E-state index contributed by atoms with van der Waals surface area (Å²) < 4.78 is 29.3. The Morgan fingerprint density at radius 3 is 1.98 bits per heavy atom. The maximum absolute atomic E-state index is 13.5. The molecule has 0 saturated carbocycles. The molecule has 0 bridgehead atoms. The third kappa shape index (κ3) is 7.95. The van der Waals surface area contributed by atoms with Crippen LogP contribution in [0.5, 0.6) is 17.2 Å². The second-order valence-corrected chi connectivity index (χ2v) is 9.11. The van der Waals surface area contributed by atoms with Gasteiger partial charge in [-0.15, -0.1) is 0 Å². The molecule has 2 N–H and O–H groups in total. The number of nitrogens with one attached hydrogen (secondary N) is 2. The molecule has 0 aliphatic heterocycles. The van der Waals surface area contributed by atoms with E-state index in [0.717, 1.165) is 0 Å². The van der Waals surface area contributed by atoms with Crippen LogP contribution < -0.4 is 24.8 Å². The van der Waals surface area contributed by atoms with Crippen molar-refractivity contribution in [2.45, 2.75) is 0 Å². The van der Waals surface area contributed by atoms with Crippen LogP contribution in [0.25, 0.3) is 12.2 Å². The molecule has 0 aliphatic carbocycles. The number of hydrogen-bond donors (Lipinski definition) is 2. The van der Waals surface area contributed by atoms with E-state index in [1.54, 1.807) is 84.9 Å². The fourth-order valence-electron chi connectivity index (χ4n) is 4.02. The van der Waals surface area contributed by atoms with Gasteiger partial charge in [-0.25, -0.2) is 4.39 Å². The van der Waals surface area contributed by atoms with E-state index in [1.165, 1.54) is 45.6 Å². The van der Waals surface area contributed by atoms with E-state index in [2.05, 4.69) is 10.6 Å². The Balaban J connectivity index is 1.58. The van der Waals surface area contributed by atoms with Crippen molar-refractivity contribution >= 4 is 35.4 Å². The Hall–Kier alpha value is -5.70. The zero-order valence-electron chi connectivity index (χ0n) is 23.7. The summed E-state index contributed by atoms with van der Waals surface area (Å²) in [5.74, 6) is -0.518. The Morgan fingerprint density at radius 1 is 0.721 bits per heavy atom. The van der Waals surface area contributed by atoms with Crippen LogP contribution >= 0.6 is 0 Å². The lowest BCUT2D eigenvalue weighted by Gasteiger charge is -2.15. The Kier molecular flexibility index (Phi) is 10.0. The van der Waals surface area contributed by atoms with E-state index in [1.807, 2.05) is 0 Å². The third-order valence-corrected chi connectivity index (χ3v) is 6.29. The van der Waals surface area contributed by atoms with E-state index in [4.69, 9.17) is 14.2 Å². The minimum atomic E-state index is -0.614. The lowest BCUT2D eigenvalue weighted by Crippen LogP contribution is -2.30. The number of methoxy groups -OCH3 is 3. The van der Waals surface area contributed by atoms with Crippen molar-refractivity contribution < 1.29 is 33.0 Å². The molecule has 0 heterocycles. The summed E-state index contributed by atoms with van der Waals surface area (Å²) in [6.07, 6.45) is 4.44. The monoisotopic (exact) mass is 580 g/mol. The van der Waals surface area contributed by atoms with Crippen molar-refractivity contribution in [2.24, 2.45) is 0 Å². The molecule has 4 aromatic carbocycles. The fourth-order valence-corrected chi connectivity index (χ4v) is 4.02. The number of benzene rings is 4. The zero-order chi connectivity index (χ0) is 30.8. The number of ether oxygens (including phenoxy) is 3. The summed E-state index contributed by atoms with van der Waals surface area (Å²) >= 11 is 0. The molecule has 0 fully saturated rings. The molecule has 0 aromatic heterocycles. The molecule has 0 saturated heterocycles. The van der Waals surface area contributed by atoms with Gasteiger partial charge in [-0.2, -0.15) is 0 Å². The molecule has 0 spiro atoms. The lowest BCUT2D eigenvalue weighted by molar-refractivity contribution is -0.113. The van der Waals surface area contributed by atoms with Crippen molar-refractivity contribution in [1.29, 1.82) is 0 Å². The van der Waals surface area contributed by atoms with Crippen molar-refractivity contribution in [3.05, 3.63) is 131 Å². The van der Waals surface area contributed by atoms with Gasteiger partial charge in [0.05, 0.1) is 21.3 Å². The number of rotatable bonds is 11. The predicted octanol–water partition coefficient (Wildman–Crippen LogP) is 6.16. The molecule has 0 unspecified atom stereocenters. The van der Waals surface area contributed by atoms with Crippen LogP contribution in [0.3, 0.4) is 0 Å². The first-order valence-electron chi connectivity index (χ1n) is 13.1. The largest absolute Gasteiger partial charge is 0.496 e. The normalized spacial score (nSPS) is 11.1. The number of anilines is 1. The molecule has 9 heteroatoms. The Morgan fingerprint density at radius 2 is 1.35 bits per heavy atom. The van der Waals surface area contributed by atoms with E-state index in [-0.39, 0.29) is 17.3 Å². The van der Waals surface area contributed by atoms with Gasteiger partial charge in [0.1, 0.15) is 17.3 Å². The van der Waals surface area contributed by atoms with Crippen LogP contribution in [-0.2, 0) is 4.79 Å². The molecule has 0 radical (unpaired) electrons. The smallest absolute Gasteiger partial charge is 0.272 e. The molecule has 4 aromatic rings. The van der Waals surface area contributed by atoms with Crippen molar-refractivity contribution in [3.8, 4) is 17.2 Å². The second kappa shape index (κ2) is 14.3. The quantitative estimate of drug-likeness (QED) is 0.163. The Labute approximate surface area is 248 Å². The van der Waals surface area contributed by atoms with Gasteiger partial charge in [-0.3, -0.25) is 14.4 Å². The molecular weight excluding hydrogens is 551 g/mol. The molecule has 4 rings (SSSR count). The fraction of sp³-hybridized carbons (Fsp3) is 0.0882. The standard InChI is InChI=1S/C34H29FN2O6/c1-41-30-21-32(43-3)31(42-2)20-25(30)19-28(37-33(39)24-7-5-4-6-8-24)34(40)36-27-16-12-23(13-17-27)29(38)18-11-22-9-14-26(35)15-10-22/h4-21H,1-3H3,(H,36,40)(H,37,39)/b18-11+,28-19-. The number of allylic oxidation sites excluding steroid dienone is 1. The van der Waals surface area contributed by atoms with E-state index < -0.39 is 11.8 Å². The van der Waals surface area contributed by atoms with Gasteiger partial charge in [-0.05, 0) is 72.3 Å². The van der Waals surface area contributed by atoms with E-state index in [0.29, 0.717) is 45.2 Å². The predicted molar refractivity (Wildman–Crippen MR) is 163 cm³/mol. The summed E-state index contributed by atoms with van der Waals surface area (Å²) in [4.78, 5) is 39.1. The maximum atomic E-state index is 13.5. The topological polar surface area (TPSA) is 103 Å². The summed E-state index contributed by atoms with van der Waals surface area (Å²) in [6.45, 7) is 0. The van der Waals surface area contributed by atoms with Crippen LogP contribution in [0.2, 0.25) is 0 Å². The third-order valence-electron chi connectivity index (χ3n) is 6.29. The minimum absolute atomic E-state index is 0.0678. The van der Waals surface area contributed by atoms with Gasteiger partial charge in [0.15, 0.2) is 17.3 Å². The highest BCUT2D eigenvalue weighted by Crippen LogP contribution is 2.35. The van der Waals surface area contributed by atoms with E-state index >= 15 is 0 Å². The summed E-state index contributed by atoms with van der Waals surface area (Å²) in [7, 11) is 4.45. The van der Waals surface area contributed by atoms with Crippen LogP contribution in [0.1, 0.15) is 31.8 Å². The van der Waals surface area contributed by atoms with Crippen molar-refractivity contribution in [2.75, 3.05) is 26.6 Å². The number of carbonyl (C=O) groups excluding carboxylic acids is 3. The SMILES string of the molecule is COc1cc(OC)c(OC)cc1/C=C(\NC(=O)c1ccccc1)C(=O)Nc1ccc(C(=O)/C=C/c2ccc(F)cc2)cc1. The molecule has 8 nitrogen and oxygen atoms in total. The Bertz CT molecular complexity index is 1660. The lowest BCUT2D eigenvalue weighted by atomic mass is 10.1. The second-order valence-electron chi connectivity index (χ2n) is 9.11. The van der Waals surface area contributed by atoms with Crippen molar-refractivity contribution in [1.82, 2.24) is 5.32 Å². The number of hydrogen-bond acceptors (Lipinski definition) is 6. The number of amides is 2. The van der Waals surface area contributed by atoms with Gasteiger partial charge in [-0.1, -0.05) is 36.4 Å². The zero-order valence-corrected chi connectivity index (χ0v) is 23.7. The molecule has 0 atom stereocenters. The molecule has 43 heavy (non-hydrogen) atoms. The van der Waals surface area contributed by atoms with E-state index in [9.17, 15) is 18.8 Å². The number of carbonyl (C=O) groups is 3. The van der Waals surface area contributed by atoms with Crippen LogP contribution in [0, 0.1) is 5.82 Å². The average molecular weight is 581 g/mol. The van der Waals surface area contributed by atoms with Crippen molar-refractivity contribution in [3.63, 3.8) is 0 Å². The van der Waals surface area contributed by atoms with Gasteiger partial charge < -0.3 is 24.8 Å². The first-order chi connectivity index (χ1) is 20.8. The minimum Gasteiger partial charge on any atom is -0.496 e. The first kappa shape index (κ1) is 30.3. The highest BCUT2D eigenvalue weighted by atomic mass is 19.1. The van der Waals surface area contributed by atoms with Crippen LogP contribution in [0.15, 0.2) is 103 Å². The van der Waals surface area contributed by atoms with Gasteiger partial charge in [0.2, 0.25) is 0 Å². The number of ketones is 1. The molecule has 218 valence electrons. The average Bonchev–Trinajstić information content (AvgIpc) is 3.04. The first-order valence-corrected chi connectivity index (χ1v) is 13.1. The summed E-state index contributed by atoms with van der Waals surface area (Å²) in [6, 6.07) is 23.7.